The van der Waals surface area contributed by atoms with Gasteiger partial charge in [-0.3, -0.25) is 29.0 Å². The summed E-state index contributed by atoms with van der Waals surface area (Å²) >= 11 is 0. The summed E-state index contributed by atoms with van der Waals surface area (Å²) in [5.41, 5.74) is 20.5. The van der Waals surface area contributed by atoms with Gasteiger partial charge in [0.05, 0.1) is 6.33 Å². The summed E-state index contributed by atoms with van der Waals surface area (Å²) in [5.74, 6) is -2.14. The molecule has 2 aliphatic heterocycles. The summed E-state index contributed by atoms with van der Waals surface area (Å²) in [4.78, 5) is 83.1. The van der Waals surface area contributed by atoms with Gasteiger partial charge in [-0.1, -0.05) is 18.2 Å². The van der Waals surface area contributed by atoms with Gasteiger partial charge in [0.2, 0.25) is 36.3 Å². The lowest BCUT2D eigenvalue weighted by atomic mass is 9.91. The van der Waals surface area contributed by atoms with Crippen molar-refractivity contribution in [2.45, 2.75) is 69.7 Å². The molecule has 6 rings (SSSR count). The molecular weight excluding hydrogens is 698 g/mol. The number of carbonyl (C=O) groups excluding carboxylic acids is 5. The summed E-state index contributed by atoms with van der Waals surface area (Å²) in [6, 6.07) is 6.61. The molecule has 4 aromatic rings. The van der Waals surface area contributed by atoms with Gasteiger partial charge in [0.1, 0.15) is 24.2 Å². The fourth-order valence-electron chi connectivity index (χ4n) is 6.76. The van der Waals surface area contributed by atoms with Gasteiger partial charge in [-0.2, -0.15) is 0 Å². The van der Waals surface area contributed by atoms with E-state index in [0.717, 1.165) is 27.6 Å². The molecule has 54 heavy (non-hydrogen) atoms. The standard InChI is InChI=1S/C36H43N11O7/c1-19(48)44-28(13-23-15-40-17-43-23)35(52)47-16-22-12-31-30(53-18-54-31)11-20(22)10-29(47)34(51)45-26(7-4-8-41-36(38)39)33(50)46-27(32(37)49)9-21-14-42-25-6-3-2-5-24(21)25/h2-3,5-6,11-12,14-15,17,26-29,42H,4,7-10,13,16,18H2,1H3,(H2,37,49)(H,40,43)(H,44,48)(H,45,51)(H,46,50)(H4,38,39,41)/t26-,27-,28-,29?/m0/s1. The van der Waals surface area contributed by atoms with Crippen LogP contribution >= 0.6 is 0 Å². The van der Waals surface area contributed by atoms with Crippen LogP contribution in [-0.2, 0) is 49.8 Å². The lowest BCUT2D eigenvalue weighted by molar-refractivity contribution is -0.145. The van der Waals surface area contributed by atoms with Crippen LogP contribution in [0.1, 0.15) is 42.1 Å². The van der Waals surface area contributed by atoms with E-state index in [1.54, 1.807) is 24.5 Å². The number of guanidine groups is 1. The first-order valence-corrected chi connectivity index (χ1v) is 17.4. The third-order valence-electron chi connectivity index (χ3n) is 9.40. The quantitative estimate of drug-likeness (QED) is 0.0434. The van der Waals surface area contributed by atoms with Gasteiger partial charge in [0.15, 0.2) is 17.5 Å². The highest BCUT2D eigenvalue weighted by Gasteiger charge is 2.40. The van der Waals surface area contributed by atoms with E-state index in [-0.39, 0.29) is 57.9 Å². The minimum atomic E-state index is -1.18. The van der Waals surface area contributed by atoms with Crippen molar-refractivity contribution in [1.29, 1.82) is 0 Å². The number of aromatic nitrogens is 3. The Morgan fingerprint density at radius 2 is 1.72 bits per heavy atom. The van der Waals surface area contributed by atoms with E-state index in [0.29, 0.717) is 17.2 Å². The van der Waals surface area contributed by atoms with Crippen LogP contribution in [0.3, 0.4) is 0 Å². The fraction of sp³-hybridized carbons (Fsp3) is 0.361. The van der Waals surface area contributed by atoms with E-state index in [9.17, 15) is 24.0 Å². The number of nitrogens with two attached hydrogens (primary N) is 3. The van der Waals surface area contributed by atoms with Gasteiger partial charge in [0.25, 0.3) is 0 Å². The van der Waals surface area contributed by atoms with Crippen LogP contribution in [0.15, 0.2) is 60.1 Å². The first-order chi connectivity index (χ1) is 26.0. The summed E-state index contributed by atoms with van der Waals surface area (Å²) in [7, 11) is 0. The Morgan fingerprint density at radius 1 is 0.963 bits per heavy atom. The van der Waals surface area contributed by atoms with E-state index >= 15 is 0 Å². The highest BCUT2D eigenvalue weighted by Crippen LogP contribution is 2.38. The number of imidazole rings is 1. The largest absolute Gasteiger partial charge is 0.454 e. The van der Waals surface area contributed by atoms with Gasteiger partial charge in [0, 0.05) is 68.3 Å². The molecule has 0 spiro atoms. The van der Waals surface area contributed by atoms with Crippen LogP contribution in [0.4, 0.5) is 0 Å². The molecule has 5 amide bonds. The second-order valence-electron chi connectivity index (χ2n) is 13.2. The minimum Gasteiger partial charge on any atom is -0.454 e. The van der Waals surface area contributed by atoms with Gasteiger partial charge in [-0.05, 0) is 47.7 Å². The predicted octanol–water partition coefficient (Wildman–Crippen LogP) is -0.628. The molecule has 0 saturated heterocycles. The first-order valence-electron chi connectivity index (χ1n) is 17.4. The first kappa shape index (κ1) is 37.2. The van der Waals surface area contributed by atoms with Gasteiger partial charge < -0.3 is 57.5 Å². The molecule has 4 heterocycles. The van der Waals surface area contributed by atoms with Crippen molar-refractivity contribution in [3.8, 4) is 11.5 Å². The van der Waals surface area contributed by atoms with Crippen LogP contribution in [0.5, 0.6) is 11.5 Å². The zero-order chi connectivity index (χ0) is 38.4. The van der Waals surface area contributed by atoms with Crippen molar-refractivity contribution in [2.75, 3.05) is 13.3 Å². The number of fused-ring (bicyclic) bond motifs is 3. The molecule has 0 aliphatic carbocycles. The maximum atomic E-state index is 14.4. The topological polar surface area (TPSA) is 278 Å². The number of aliphatic imine (C=N–C) groups is 1. The van der Waals surface area contributed by atoms with Crippen molar-refractivity contribution < 1.29 is 33.4 Å². The number of carbonyl (C=O) groups is 5. The number of H-pyrrole nitrogens is 2. The smallest absolute Gasteiger partial charge is 0.246 e. The maximum Gasteiger partial charge on any atom is 0.246 e. The summed E-state index contributed by atoms with van der Waals surface area (Å²) < 4.78 is 11.1. The number of aromatic amines is 2. The van der Waals surface area contributed by atoms with E-state index < -0.39 is 53.7 Å². The molecule has 4 atom stereocenters. The van der Waals surface area contributed by atoms with E-state index in [1.165, 1.54) is 18.2 Å². The molecule has 0 fully saturated rings. The summed E-state index contributed by atoms with van der Waals surface area (Å²) in [6.07, 6.45) is 5.36. The number of nitrogens with one attached hydrogen (secondary N) is 5. The summed E-state index contributed by atoms with van der Waals surface area (Å²) in [6.45, 7) is 1.49. The Kier molecular flexibility index (Phi) is 11.3. The minimum absolute atomic E-state index is 0.00230. The Morgan fingerprint density at radius 3 is 2.43 bits per heavy atom. The molecule has 0 bridgehead atoms. The van der Waals surface area contributed by atoms with E-state index in [2.05, 4.69) is 35.9 Å². The predicted molar refractivity (Wildman–Crippen MR) is 195 cm³/mol. The lowest BCUT2D eigenvalue weighted by Gasteiger charge is -2.38. The average molecular weight is 742 g/mol. The van der Waals surface area contributed by atoms with Crippen LogP contribution in [0.25, 0.3) is 10.9 Å². The lowest BCUT2D eigenvalue weighted by Crippen LogP contribution is -2.60. The van der Waals surface area contributed by atoms with Crippen molar-refractivity contribution >= 4 is 46.4 Å². The van der Waals surface area contributed by atoms with Crippen molar-refractivity contribution in [3.05, 3.63) is 77.5 Å². The average Bonchev–Trinajstić information content (AvgIpc) is 3.92. The number of para-hydroxylation sites is 1. The summed E-state index contributed by atoms with van der Waals surface area (Å²) in [5, 5.41) is 9.13. The van der Waals surface area contributed by atoms with Crippen molar-refractivity contribution in [3.63, 3.8) is 0 Å². The molecule has 0 radical (unpaired) electrons. The molecule has 18 heteroatoms. The van der Waals surface area contributed by atoms with E-state index in [1.807, 2.05) is 24.3 Å². The fourth-order valence-corrected chi connectivity index (χ4v) is 6.76. The number of amides is 5. The molecule has 2 aliphatic rings. The number of benzene rings is 2. The third kappa shape index (κ3) is 8.71. The van der Waals surface area contributed by atoms with Gasteiger partial charge in [-0.15, -0.1) is 0 Å². The zero-order valence-corrected chi connectivity index (χ0v) is 29.6. The Balaban J connectivity index is 1.27. The van der Waals surface area contributed by atoms with Crippen molar-refractivity contribution in [1.82, 2.24) is 35.8 Å². The number of nitrogens with zero attached hydrogens (tertiary/aromatic N) is 3. The van der Waals surface area contributed by atoms with Crippen LogP contribution in [-0.4, -0.2) is 92.9 Å². The zero-order valence-electron chi connectivity index (χ0n) is 29.6. The van der Waals surface area contributed by atoms with Crippen LogP contribution < -0.4 is 42.6 Å². The molecule has 18 nitrogen and oxygen atoms in total. The number of primary amides is 1. The number of ether oxygens (including phenoxy) is 2. The molecule has 11 N–H and O–H groups in total. The Labute approximate surface area is 309 Å². The maximum absolute atomic E-state index is 14.4. The molecule has 1 unspecified atom stereocenters. The highest BCUT2D eigenvalue weighted by molar-refractivity contribution is 5.96. The van der Waals surface area contributed by atoms with Crippen LogP contribution in [0, 0.1) is 0 Å². The van der Waals surface area contributed by atoms with Gasteiger partial charge >= 0.3 is 0 Å². The second kappa shape index (κ2) is 16.4. The molecule has 284 valence electrons. The number of rotatable bonds is 15. The third-order valence-corrected chi connectivity index (χ3v) is 9.40. The van der Waals surface area contributed by atoms with E-state index in [4.69, 9.17) is 26.7 Å². The second-order valence-corrected chi connectivity index (χ2v) is 13.2. The highest BCUT2D eigenvalue weighted by atomic mass is 16.7. The molecule has 2 aromatic heterocycles. The normalized spacial score (nSPS) is 16.1. The number of hydrogen-bond acceptors (Lipinski definition) is 9. The molecule has 0 saturated carbocycles. The molecular formula is C36H43N11O7. The molecule has 2 aromatic carbocycles. The van der Waals surface area contributed by atoms with Gasteiger partial charge in [-0.25, -0.2) is 4.98 Å². The van der Waals surface area contributed by atoms with Crippen LogP contribution in [0.2, 0.25) is 0 Å². The Hall–Kier alpha value is -6.59. The monoisotopic (exact) mass is 741 g/mol. The number of hydrogen-bond donors (Lipinski definition) is 8. The Bertz CT molecular complexity index is 2060. The SMILES string of the molecule is CC(=O)N[C@@H](Cc1cnc[nH]1)C(=O)N1Cc2cc3c(cc2CC1C(=O)N[C@@H](CCCN=C(N)N)C(=O)N[C@@H](Cc1c[nH]c2ccccc12)C(N)=O)OCO3. The van der Waals surface area contributed by atoms with Crippen molar-refractivity contribution in [2.24, 2.45) is 22.2 Å².